The Morgan fingerprint density at radius 3 is 2.23 bits per heavy atom. The van der Waals surface area contributed by atoms with Gasteiger partial charge in [-0.1, -0.05) is 86.8 Å². The van der Waals surface area contributed by atoms with Gasteiger partial charge in [-0.25, -0.2) is 9.78 Å². The predicted molar refractivity (Wildman–Crippen MR) is 165 cm³/mol. The highest BCUT2D eigenvalue weighted by molar-refractivity contribution is 6.22. The number of benzene rings is 3. The number of para-hydroxylation sites is 1. The van der Waals surface area contributed by atoms with E-state index in [1.807, 2.05) is 50.2 Å². The van der Waals surface area contributed by atoms with Gasteiger partial charge < -0.3 is 4.74 Å². The van der Waals surface area contributed by atoms with E-state index in [-0.39, 0.29) is 29.4 Å². The van der Waals surface area contributed by atoms with E-state index in [2.05, 4.69) is 0 Å². The molecule has 0 bridgehead atoms. The summed E-state index contributed by atoms with van der Waals surface area (Å²) < 4.78 is 5.89. The lowest BCUT2D eigenvalue weighted by molar-refractivity contribution is -0.122. The second-order valence-electron chi connectivity index (χ2n) is 11.5. The number of nitrogens with zero attached hydrogens (tertiary/aromatic N) is 2. The Bertz CT molecular complexity index is 1690. The zero-order valence-corrected chi connectivity index (χ0v) is 24.4. The molecule has 1 aromatic heterocycles. The van der Waals surface area contributed by atoms with Crippen LogP contribution in [0.4, 0.5) is 5.69 Å². The van der Waals surface area contributed by atoms with Crippen LogP contribution in [-0.4, -0.2) is 34.7 Å². The fourth-order valence-electron chi connectivity index (χ4n) is 6.39. The van der Waals surface area contributed by atoms with Gasteiger partial charge in [0.1, 0.15) is 0 Å². The third-order valence-electron chi connectivity index (χ3n) is 8.67. The highest BCUT2D eigenvalue weighted by Gasteiger charge is 2.48. The van der Waals surface area contributed by atoms with E-state index < -0.39 is 12.1 Å². The first kappa shape index (κ1) is 28.5. The molecule has 2 aliphatic rings. The molecule has 0 N–H and O–H groups in total. The van der Waals surface area contributed by atoms with Gasteiger partial charge >= 0.3 is 5.97 Å². The van der Waals surface area contributed by atoms with Crippen LogP contribution in [0.3, 0.4) is 0 Å². The number of anilines is 1. The summed E-state index contributed by atoms with van der Waals surface area (Å²) in [5.74, 6) is -1.48. The first-order valence-corrected chi connectivity index (χ1v) is 15.1. The van der Waals surface area contributed by atoms with Gasteiger partial charge in [0.15, 0.2) is 6.10 Å². The average molecular weight is 575 g/mol. The fraction of sp³-hybridized carbons (Fsp3) is 0.306. The summed E-state index contributed by atoms with van der Waals surface area (Å²) in [7, 11) is 0. The number of amides is 2. The number of ketones is 1. The summed E-state index contributed by atoms with van der Waals surface area (Å²) in [5, 5.41) is 0.642. The van der Waals surface area contributed by atoms with Crippen molar-refractivity contribution in [2.24, 2.45) is 11.8 Å². The number of fused-ring (bicyclic) bond motifs is 2. The first-order valence-electron chi connectivity index (χ1n) is 15.1. The van der Waals surface area contributed by atoms with Gasteiger partial charge in [-0.05, 0) is 49.9 Å². The number of Topliss-reactive ketones (excluding diaryl/α,β-unsaturated/α-hetero) is 1. The summed E-state index contributed by atoms with van der Waals surface area (Å²) in [6.45, 7) is 3.88. The van der Waals surface area contributed by atoms with Crippen molar-refractivity contribution < 1.29 is 23.9 Å². The Morgan fingerprint density at radius 1 is 0.907 bits per heavy atom. The quantitative estimate of drug-likeness (QED) is 0.127. The summed E-state index contributed by atoms with van der Waals surface area (Å²) in [5.41, 5.74) is 4.20. The van der Waals surface area contributed by atoms with Crippen LogP contribution in [0.2, 0.25) is 0 Å². The number of aromatic nitrogens is 1. The van der Waals surface area contributed by atoms with Gasteiger partial charge in [-0.3, -0.25) is 19.3 Å². The summed E-state index contributed by atoms with van der Waals surface area (Å²) in [4.78, 5) is 59.4. The molecule has 3 aromatic carbocycles. The maximum Gasteiger partial charge on any atom is 0.339 e. The van der Waals surface area contributed by atoms with Crippen LogP contribution in [0, 0.1) is 18.8 Å². The van der Waals surface area contributed by atoms with Crippen molar-refractivity contribution in [3.05, 3.63) is 95.6 Å². The lowest BCUT2D eigenvalue weighted by Crippen LogP contribution is -2.30. The van der Waals surface area contributed by atoms with Gasteiger partial charge in [-0.2, -0.15) is 0 Å². The fourth-order valence-corrected chi connectivity index (χ4v) is 6.39. The molecule has 0 radical (unpaired) electrons. The molecule has 2 fully saturated rings. The minimum absolute atomic E-state index is 0.112. The number of imide groups is 1. The smallest absolute Gasteiger partial charge is 0.339 e. The van der Waals surface area contributed by atoms with Crippen molar-refractivity contribution in [1.82, 2.24) is 4.98 Å². The number of esters is 1. The van der Waals surface area contributed by atoms with Crippen LogP contribution in [0.5, 0.6) is 0 Å². The minimum atomic E-state index is -0.908. The van der Waals surface area contributed by atoms with E-state index in [1.54, 1.807) is 42.5 Å². The van der Waals surface area contributed by atoms with Crippen molar-refractivity contribution in [2.75, 3.05) is 4.90 Å². The van der Waals surface area contributed by atoms with E-state index in [0.717, 1.165) is 36.8 Å². The van der Waals surface area contributed by atoms with Gasteiger partial charge in [-0.15, -0.1) is 0 Å². The SMILES string of the molecule is CCCC(OC(=O)c1cc(-c2ccc(N3C(=O)C4CCCCC4C3=O)cc2)nc2c(C)cccc12)C(=O)c1ccccc1. The number of pyridine rings is 1. The molecular formula is C36H34N2O5. The normalized spacial score (nSPS) is 18.9. The predicted octanol–water partition coefficient (Wildman–Crippen LogP) is 7.10. The second kappa shape index (κ2) is 11.9. The Morgan fingerprint density at radius 2 is 1.58 bits per heavy atom. The van der Waals surface area contributed by atoms with Crippen molar-refractivity contribution in [2.45, 2.75) is 58.5 Å². The van der Waals surface area contributed by atoms with Gasteiger partial charge in [0.25, 0.3) is 0 Å². The largest absolute Gasteiger partial charge is 0.450 e. The van der Waals surface area contributed by atoms with Gasteiger partial charge in [0.2, 0.25) is 17.6 Å². The Kier molecular flexibility index (Phi) is 7.89. The van der Waals surface area contributed by atoms with Crippen LogP contribution in [0.25, 0.3) is 22.2 Å². The Labute approximate surface area is 250 Å². The van der Waals surface area contributed by atoms with Crippen LogP contribution >= 0.6 is 0 Å². The molecule has 2 heterocycles. The molecule has 7 heteroatoms. The summed E-state index contributed by atoms with van der Waals surface area (Å²) >= 11 is 0. The van der Waals surface area contributed by atoms with E-state index >= 15 is 0 Å². The third kappa shape index (κ3) is 5.36. The number of aryl methyl sites for hydroxylation is 1. The lowest BCUT2D eigenvalue weighted by atomic mass is 9.81. The highest BCUT2D eigenvalue weighted by Crippen LogP contribution is 2.40. The number of ether oxygens (including phenoxy) is 1. The average Bonchev–Trinajstić information content (AvgIpc) is 3.30. The molecule has 3 unspecified atom stereocenters. The molecule has 6 rings (SSSR count). The molecule has 7 nitrogen and oxygen atoms in total. The number of carbonyl (C=O) groups is 4. The van der Waals surface area contributed by atoms with Crippen molar-refractivity contribution in [3.8, 4) is 11.3 Å². The van der Waals surface area contributed by atoms with Gasteiger partial charge in [0, 0.05) is 16.5 Å². The maximum atomic E-state index is 13.7. The van der Waals surface area contributed by atoms with Crippen molar-refractivity contribution >= 4 is 40.2 Å². The standard InChI is InChI=1S/C36H34N2O5/c1-3-10-31(33(39)24-12-5-4-6-13-24)43-36(42)29-21-30(37-32-22(2)11-9-16-26(29)32)23-17-19-25(20-18-23)38-34(40)27-14-7-8-15-28(27)35(38)41/h4-6,9,11-13,16-21,27-28,31H,3,7-8,10,14-15H2,1-2H3. The molecule has 2 amide bonds. The molecule has 1 aliphatic heterocycles. The lowest BCUT2D eigenvalue weighted by Gasteiger charge is -2.19. The molecule has 43 heavy (non-hydrogen) atoms. The number of hydrogen-bond donors (Lipinski definition) is 0. The molecule has 3 atom stereocenters. The van der Waals surface area contributed by atoms with Crippen LogP contribution in [-0.2, 0) is 14.3 Å². The Hall–Kier alpha value is -4.65. The number of hydrogen-bond acceptors (Lipinski definition) is 6. The van der Waals surface area contributed by atoms with E-state index in [0.29, 0.717) is 46.3 Å². The third-order valence-corrected chi connectivity index (χ3v) is 8.67. The second-order valence-corrected chi connectivity index (χ2v) is 11.5. The van der Waals surface area contributed by atoms with Crippen LogP contribution in [0.1, 0.15) is 71.7 Å². The van der Waals surface area contributed by atoms with Crippen molar-refractivity contribution in [1.29, 1.82) is 0 Å². The van der Waals surface area contributed by atoms with Crippen LogP contribution < -0.4 is 4.90 Å². The molecular weight excluding hydrogens is 540 g/mol. The number of carbonyl (C=O) groups excluding carboxylic acids is 4. The monoisotopic (exact) mass is 574 g/mol. The first-order chi connectivity index (χ1) is 20.9. The van der Waals surface area contributed by atoms with Crippen LogP contribution in [0.15, 0.2) is 78.9 Å². The molecule has 218 valence electrons. The summed E-state index contributed by atoms with van der Waals surface area (Å²) in [6.07, 6.45) is 3.65. The minimum Gasteiger partial charge on any atom is -0.450 e. The number of rotatable bonds is 8. The topological polar surface area (TPSA) is 93.6 Å². The van der Waals surface area contributed by atoms with E-state index in [9.17, 15) is 19.2 Å². The van der Waals surface area contributed by atoms with Crippen molar-refractivity contribution in [3.63, 3.8) is 0 Å². The molecule has 1 aliphatic carbocycles. The highest BCUT2D eigenvalue weighted by atomic mass is 16.5. The molecule has 4 aromatic rings. The maximum absolute atomic E-state index is 13.7. The zero-order valence-electron chi connectivity index (χ0n) is 24.4. The molecule has 1 saturated heterocycles. The summed E-state index contributed by atoms with van der Waals surface area (Å²) in [6, 6.07) is 23.3. The molecule has 0 spiro atoms. The van der Waals surface area contributed by atoms with Gasteiger partial charge in [0.05, 0.1) is 34.3 Å². The van der Waals surface area contributed by atoms with E-state index in [4.69, 9.17) is 9.72 Å². The Balaban J connectivity index is 1.33. The van der Waals surface area contributed by atoms with E-state index in [1.165, 1.54) is 4.90 Å². The molecule has 1 saturated carbocycles. The zero-order chi connectivity index (χ0) is 30.1.